The van der Waals surface area contributed by atoms with Gasteiger partial charge in [-0.05, 0) is 61.1 Å². The zero-order valence-electron chi connectivity index (χ0n) is 14.1. The number of hydroxylamine groups is 2. The summed E-state index contributed by atoms with van der Waals surface area (Å²) >= 11 is 2.15. The van der Waals surface area contributed by atoms with Gasteiger partial charge in [-0.2, -0.15) is 5.21 Å². The number of nitrogens with zero attached hydrogens (tertiary/aromatic N) is 3. The fourth-order valence-electron chi connectivity index (χ4n) is 4.56. The lowest BCUT2D eigenvalue weighted by Crippen LogP contribution is -2.71. The largest absolute Gasteiger partial charge is 0.494 e. The van der Waals surface area contributed by atoms with Crippen molar-refractivity contribution >= 4 is 28.7 Å². The molecule has 0 bridgehead atoms. The Morgan fingerprint density at radius 3 is 2.84 bits per heavy atom. The number of ether oxygens (including phenoxy) is 1. The Bertz CT molecular complexity index is 664. The summed E-state index contributed by atoms with van der Waals surface area (Å²) in [6, 6.07) is -0.666. The zero-order chi connectivity index (χ0) is 17.8. The predicted octanol–water partition coefficient (Wildman–Crippen LogP) is 1.43. The molecule has 1 saturated carbocycles. The van der Waals surface area contributed by atoms with E-state index in [0.717, 1.165) is 29.4 Å². The molecule has 2 N–H and O–H groups in total. The van der Waals surface area contributed by atoms with Gasteiger partial charge in [-0.15, -0.1) is 5.01 Å². The van der Waals surface area contributed by atoms with E-state index in [1.807, 2.05) is 6.92 Å². The molecule has 1 amide bonds. The molecule has 1 aromatic rings. The Morgan fingerprint density at radius 1 is 1.52 bits per heavy atom. The molecule has 138 valence electrons. The maximum absolute atomic E-state index is 12.1. The molecule has 1 aliphatic carbocycles. The van der Waals surface area contributed by atoms with E-state index < -0.39 is 16.9 Å². The van der Waals surface area contributed by atoms with Crippen molar-refractivity contribution in [1.82, 2.24) is 15.0 Å². The quantitative estimate of drug-likeness (QED) is 0.304. The van der Waals surface area contributed by atoms with Gasteiger partial charge in [-0.1, -0.05) is 4.76 Å². The van der Waals surface area contributed by atoms with Crippen LogP contribution < -0.4 is 5.11 Å². The summed E-state index contributed by atoms with van der Waals surface area (Å²) in [5.41, 5.74) is 0. The number of aromatic amines is 1. The second-order valence-corrected chi connectivity index (χ2v) is 8.58. The number of aromatic nitrogens is 2. The maximum Gasteiger partial charge on any atom is 0.313 e. The van der Waals surface area contributed by atoms with Crippen LogP contribution in [-0.4, -0.2) is 56.3 Å². The Morgan fingerprint density at radius 2 is 2.24 bits per heavy atom. The summed E-state index contributed by atoms with van der Waals surface area (Å²) in [7, 11) is 0. The molecule has 2 saturated heterocycles. The van der Waals surface area contributed by atoms with Gasteiger partial charge in [-0.25, -0.2) is 4.98 Å². The normalized spacial score (nSPS) is 33.6. The van der Waals surface area contributed by atoms with Crippen molar-refractivity contribution in [3.05, 3.63) is 15.7 Å². The van der Waals surface area contributed by atoms with Crippen LogP contribution in [0.5, 0.6) is 0 Å². The van der Waals surface area contributed by atoms with Crippen LogP contribution in [0.15, 0.2) is 6.20 Å². The third kappa shape index (κ3) is 2.89. The standard InChI is InChI=1S/C16H23IN4O4/c1-9(10-2-4-25-5-3-10)21(24,16(22)23)20-12-6-11(12)7-13(20)15-18-8-14(17)19-15/h8-13,24H,2-7H2,1H3,(H-,18,19,22,23)/t9?,11-,12-,13+,21?/m1/s1. The van der Waals surface area contributed by atoms with E-state index in [4.69, 9.17) is 4.74 Å². The number of nitrogens with one attached hydrogen (secondary N) is 1. The average molecular weight is 462 g/mol. The van der Waals surface area contributed by atoms with Crippen molar-refractivity contribution in [1.29, 1.82) is 0 Å². The molecule has 25 heavy (non-hydrogen) atoms. The highest BCUT2D eigenvalue weighted by atomic mass is 127. The smallest absolute Gasteiger partial charge is 0.313 e. The van der Waals surface area contributed by atoms with Gasteiger partial charge in [0.05, 0.1) is 15.9 Å². The number of H-pyrrole nitrogens is 1. The molecular formula is C16H23IN4O4. The molecule has 3 fully saturated rings. The first-order valence-corrected chi connectivity index (χ1v) is 9.90. The molecule has 2 unspecified atom stereocenters. The third-order valence-corrected chi connectivity index (χ3v) is 6.64. The number of carboxylic acid groups (broad SMARTS) is 1. The predicted molar refractivity (Wildman–Crippen MR) is 92.8 cm³/mol. The van der Waals surface area contributed by atoms with Crippen LogP contribution in [-0.2, 0) is 4.74 Å². The van der Waals surface area contributed by atoms with Crippen LogP contribution in [0.4, 0.5) is 4.79 Å². The Balaban J connectivity index is 1.67. The van der Waals surface area contributed by atoms with Crippen molar-refractivity contribution < 1.29 is 24.6 Å². The number of carbonyl (C=O) groups excluding carboxylic acids is 1. The summed E-state index contributed by atoms with van der Waals surface area (Å²) in [6.07, 6.45) is 3.49. The van der Waals surface area contributed by atoms with Gasteiger partial charge >= 0.3 is 6.09 Å². The fourth-order valence-corrected chi connectivity index (χ4v) is 4.97. The number of hydrogen-bond donors (Lipinski definition) is 2. The van der Waals surface area contributed by atoms with Crippen molar-refractivity contribution in [2.75, 3.05) is 13.2 Å². The number of piperidine rings is 1. The van der Waals surface area contributed by atoms with E-state index in [0.29, 0.717) is 25.0 Å². The molecule has 2 aliphatic heterocycles. The zero-order valence-corrected chi connectivity index (χ0v) is 16.3. The lowest BCUT2D eigenvalue weighted by atomic mass is 9.92. The van der Waals surface area contributed by atoms with Crippen LogP contribution >= 0.6 is 22.6 Å². The van der Waals surface area contributed by atoms with Crippen LogP contribution in [0.2, 0.25) is 0 Å². The number of carbonyl (C=O) groups is 1. The molecule has 0 spiro atoms. The van der Waals surface area contributed by atoms with Gasteiger partial charge in [0.15, 0.2) is 0 Å². The highest BCUT2D eigenvalue weighted by Crippen LogP contribution is 2.55. The summed E-state index contributed by atoms with van der Waals surface area (Å²) < 4.78 is 5.13. The highest BCUT2D eigenvalue weighted by molar-refractivity contribution is 14.1. The molecule has 4 rings (SSSR count). The molecular weight excluding hydrogens is 439 g/mol. The van der Waals surface area contributed by atoms with E-state index in [9.17, 15) is 15.1 Å². The number of hydrogen-bond acceptors (Lipinski definition) is 6. The van der Waals surface area contributed by atoms with Crippen LogP contribution in [0.25, 0.3) is 0 Å². The molecule has 9 heteroatoms. The number of imidazole rings is 1. The minimum atomic E-state index is -1.46. The minimum Gasteiger partial charge on any atom is -0.494 e. The first-order valence-electron chi connectivity index (χ1n) is 8.83. The second-order valence-electron chi connectivity index (χ2n) is 7.42. The van der Waals surface area contributed by atoms with Crippen LogP contribution in [0, 0.1) is 15.5 Å². The first-order chi connectivity index (χ1) is 11.9. The Hall–Kier alpha value is -0.750. The van der Waals surface area contributed by atoms with Crippen molar-refractivity contribution in [3.63, 3.8) is 0 Å². The van der Waals surface area contributed by atoms with Gasteiger partial charge < -0.3 is 19.6 Å². The van der Waals surface area contributed by atoms with Crippen molar-refractivity contribution in [2.45, 2.75) is 50.7 Å². The van der Waals surface area contributed by atoms with Crippen LogP contribution in [0.1, 0.15) is 44.5 Å². The Kier molecular flexibility index (Phi) is 4.55. The van der Waals surface area contributed by atoms with Crippen molar-refractivity contribution in [3.8, 4) is 0 Å². The molecule has 0 radical (unpaired) electrons. The SMILES string of the molecule is CC(C1CCOCC1)[N+](O)(C(=O)[O-])N1[C@@H]2C[C@@H]2C[C@H]1c1ncc(I)[nH]1. The van der Waals surface area contributed by atoms with E-state index in [1.165, 1.54) is 0 Å². The molecule has 3 heterocycles. The van der Waals surface area contributed by atoms with Gasteiger partial charge in [0, 0.05) is 19.1 Å². The average Bonchev–Trinajstić information content (AvgIpc) is 3.05. The molecule has 5 atom stereocenters. The topological polar surface area (TPSA) is 102 Å². The van der Waals surface area contributed by atoms with E-state index in [-0.39, 0.29) is 18.0 Å². The van der Waals surface area contributed by atoms with Gasteiger partial charge in [0.25, 0.3) is 0 Å². The molecule has 3 aliphatic rings. The molecule has 0 aromatic carbocycles. The highest BCUT2D eigenvalue weighted by Gasteiger charge is 2.64. The van der Waals surface area contributed by atoms with E-state index >= 15 is 0 Å². The summed E-state index contributed by atoms with van der Waals surface area (Å²) in [6.45, 7) is 3.02. The maximum atomic E-state index is 12.1. The monoisotopic (exact) mass is 462 g/mol. The van der Waals surface area contributed by atoms with Gasteiger partial charge in [0.2, 0.25) is 0 Å². The second kappa shape index (κ2) is 6.45. The number of halogens is 1. The summed E-state index contributed by atoms with van der Waals surface area (Å²) in [5.74, 6) is 1.21. The summed E-state index contributed by atoms with van der Waals surface area (Å²) in [5, 5.41) is 25.2. The fraction of sp³-hybridized carbons (Fsp3) is 0.750. The van der Waals surface area contributed by atoms with Gasteiger partial charge in [-0.3, -0.25) is 0 Å². The third-order valence-electron chi connectivity index (χ3n) is 6.09. The molecule has 1 aromatic heterocycles. The van der Waals surface area contributed by atoms with Crippen molar-refractivity contribution in [2.24, 2.45) is 11.8 Å². The van der Waals surface area contributed by atoms with E-state index in [1.54, 1.807) is 11.2 Å². The molecule has 8 nitrogen and oxygen atoms in total. The lowest BCUT2D eigenvalue weighted by molar-refractivity contribution is -1.16. The van der Waals surface area contributed by atoms with Gasteiger partial charge in [0.1, 0.15) is 17.9 Å². The lowest BCUT2D eigenvalue weighted by Gasteiger charge is -2.46. The first kappa shape index (κ1) is 17.7. The Labute approximate surface area is 159 Å². The number of amides is 1. The number of rotatable bonds is 4. The number of fused-ring (bicyclic) bond motifs is 1. The number of quaternary nitrogens is 1. The minimum absolute atomic E-state index is 0.0675. The summed E-state index contributed by atoms with van der Waals surface area (Å²) in [4.78, 5) is 19.7. The van der Waals surface area contributed by atoms with E-state index in [2.05, 4.69) is 32.6 Å². The van der Waals surface area contributed by atoms with Crippen LogP contribution in [0.3, 0.4) is 0 Å².